The maximum Gasteiger partial charge on any atom is 0.248 e. The summed E-state index contributed by atoms with van der Waals surface area (Å²) in [6.07, 6.45) is 1.65. The van der Waals surface area contributed by atoms with Crippen LogP contribution in [0, 0.1) is 0 Å². The van der Waals surface area contributed by atoms with E-state index >= 15 is 0 Å². The van der Waals surface area contributed by atoms with Gasteiger partial charge in [0.05, 0.1) is 6.54 Å². The molecule has 0 bridgehead atoms. The monoisotopic (exact) mass is 281 g/mol. The number of hydrogen-bond acceptors (Lipinski definition) is 4. The fourth-order valence-corrected chi connectivity index (χ4v) is 3.37. The van der Waals surface area contributed by atoms with E-state index in [0.717, 1.165) is 12.8 Å². The fourth-order valence-electron chi connectivity index (χ4n) is 3.37. The van der Waals surface area contributed by atoms with Crippen LogP contribution in [-0.2, 0) is 19.1 Å². The van der Waals surface area contributed by atoms with Crippen molar-refractivity contribution in [1.82, 2.24) is 14.7 Å². The highest BCUT2D eigenvalue weighted by Gasteiger charge is 2.49. The average Bonchev–Trinajstić information content (AvgIpc) is 2.94. The minimum atomic E-state index is -0.508. The molecule has 3 aliphatic heterocycles. The van der Waals surface area contributed by atoms with Gasteiger partial charge in [-0.3, -0.25) is 14.4 Å². The molecular formula is C13H19N3O4. The van der Waals surface area contributed by atoms with E-state index in [1.54, 1.807) is 14.7 Å². The molecule has 0 saturated carbocycles. The molecule has 3 rings (SSSR count). The molecule has 2 atom stereocenters. The lowest BCUT2D eigenvalue weighted by Crippen LogP contribution is -2.69. The number of ether oxygens (including phenoxy) is 1. The van der Waals surface area contributed by atoms with Crippen molar-refractivity contribution < 1.29 is 19.1 Å². The molecule has 3 saturated heterocycles. The van der Waals surface area contributed by atoms with Crippen LogP contribution in [0.4, 0.5) is 0 Å². The van der Waals surface area contributed by atoms with E-state index in [-0.39, 0.29) is 36.9 Å². The second-order valence-electron chi connectivity index (χ2n) is 5.51. The van der Waals surface area contributed by atoms with Gasteiger partial charge in [-0.05, 0) is 12.8 Å². The lowest BCUT2D eigenvalue weighted by molar-refractivity contribution is -0.165. The molecule has 3 heterocycles. The van der Waals surface area contributed by atoms with Gasteiger partial charge >= 0.3 is 0 Å². The Labute approximate surface area is 117 Å². The van der Waals surface area contributed by atoms with Gasteiger partial charge in [0.1, 0.15) is 18.7 Å². The van der Waals surface area contributed by atoms with E-state index in [2.05, 4.69) is 0 Å². The number of methoxy groups -OCH3 is 1. The van der Waals surface area contributed by atoms with Gasteiger partial charge in [-0.25, -0.2) is 0 Å². The molecule has 0 spiro atoms. The summed E-state index contributed by atoms with van der Waals surface area (Å²) in [6.45, 7) is 1.88. The number of carbonyl (C=O) groups is 3. The summed E-state index contributed by atoms with van der Waals surface area (Å²) < 4.78 is 4.84. The number of hydrogen-bond donors (Lipinski definition) is 0. The van der Waals surface area contributed by atoms with Crippen LogP contribution in [0.2, 0.25) is 0 Å². The molecule has 0 N–H and O–H groups in total. The first-order valence-corrected chi connectivity index (χ1v) is 7.01. The smallest absolute Gasteiger partial charge is 0.248 e. The van der Waals surface area contributed by atoms with Crippen molar-refractivity contribution >= 4 is 17.7 Å². The third-order valence-electron chi connectivity index (χ3n) is 4.39. The maximum atomic E-state index is 12.5. The summed E-state index contributed by atoms with van der Waals surface area (Å²) in [5.41, 5.74) is 0. The van der Waals surface area contributed by atoms with Crippen molar-refractivity contribution in [3.05, 3.63) is 0 Å². The third kappa shape index (κ3) is 1.96. The average molecular weight is 281 g/mol. The number of rotatable bonds is 2. The van der Waals surface area contributed by atoms with Crippen molar-refractivity contribution in [2.24, 2.45) is 0 Å². The van der Waals surface area contributed by atoms with E-state index in [4.69, 9.17) is 4.74 Å². The van der Waals surface area contributed by atoms with E-state index in [1.165, 1.54) is 7.11 Å². The van der Waals surface area contributed by atoms with Gasteiger partial charge in [0.25, 0.3) is 0 Å². The van der Waals surface area contributed by atoms with Crippen molar-refractivity contribution in [3.63, 3.8) is 0 Å². The summed E-state index contributed by atoms with van der Waals surface area (Å²) in [6, 6.07) is -0.772. The zero-order valence-electron chi connectivity index (χ0n) is 11.6. The highest BCUT2D eigenvalue weighted by molar-refractivity contribution is 5.98. The van der Waals surface area contributed by atoms with E-state index in [0.29, 0.717) is 19.6 Å². The van der Waals surface area contributed by atoms with Crippen LogP contribution in [0.3, 0.4) is 0 Å². The largest absolute Gasteiger partial charge is 0.375 e. The molecule has 7 heteroatoms. The van der Waals surface area contributed by atoms with Crippen LogP contribution in [-0.4, -0.2) is 84.4 Å². The van der Waals surface area contributed by atoms with Crippen molar-refractivity contribution in [3.8, 4) is 0 Å². The van der Waals surface area contributed by atoms with Crippen LogP contribution >= 0.6 is 0 Å². The van der Waals surface area contributed by atoms with Gasteiger partial charge in [0, 0.05) is 26.7 Å². The third-order valence-corrected chi connectivity index (χ3v) is 4.39. The number of amides is 3. The molecule has 0 radical (unpaired) electrons. The van der Waals surface area contributed by atoms with Crippen LogP contribution in [0.1, 0.15) is 12.8 Å². The van der Waals surface area contributed by atoms with Gasteiger partial charge in [-0.15, -0.1) is 0 Å². The van der Waals surface area contributed by atoms with Gasteiger partial charge in [-0.2, -0.15) is 0 Å². The molecule has 20 heavy (non-hydrogen) atoms. The summed E-state index contributed by atoms with van der Waals surface area (Å²) in [5, 5.41) is 0. The maximum absolute atomic E-state index is 12.5. The zero-order chi connectivity index (χ0) is 14.3. The van der Waals surface area contributed by atoms with Crippen molar-refractivity contribution in [1.29, 1.82) is 0 Å². The van der Waals surface area contributed by atoms with Crippen LogP contribution in [0.15, 0.2) is 0 Å². The van der Waals surface area contributed by atoms with Crippen LogP contribution in [0.5, 0.6) is 0 Å². The summed E-state index contributed by atoms with van der Waals surface area (Å²) in [7, 11) is 1.47. The fraction of sp³-hybridized carbons (Fsp3) is 0.769. The minimum Gasteiger partial charge on any atom is -0.375 e. The number of carbonyl (C=O) groups excluding carboxylic acids is 3. The molecule has 3 aliphatic rings. The quantitative estimate of drug-likeness (QED) is 0.629. The summed E-state index contributed by atoms with van der Waals surface area (Å²) >= 11 is 0. The molecule has 3 amide bonds. The lowest BCUT2D eigenvalue weighted by Gasteiger charge is -2.47. The Bertz CT molecular complexity index is 453. The van der Waals surface area contributed by atoms with Gasteiger partial charge in [0.15, 0.2) is 0 Å². The molecule has 110 valence electrons. The number of piperazine rings is 2. The predicted molar refractivity (Wildman–Crippen MR) is 68.7 cm³/mol. The molecule has 0 aromatic rings. The van der Waals surface area contributed by atoms with E-state index < -0.39 is 6.04 Å². The highest BCUT2D eigenvalue weighted by atomic mass is 16.5. The first-order chi connectivity index (χ1) is 9.63. The molecule has 7 nitrogen and oxygen atoms in total. The molecular weight excluding hydrogens is 262 g/mol. The normalized spacial score (nSPS) is 29.6. The number of nitrogens with zero attached hydrogens (tertiary/aromatic N) is 3. The van der Waals surface area contributed by atoms with Gasteiger partial charge < -0.3 is 19.4 Å². The Morgan fingerprint density at radius 2 is 1.85 bits per heavy atom. The van der Waals surface area contributed by atoms with Gasteiger partial charge in [0.2, 0.25) is 17.7 Å². The van der Waals surface area contributed by atoms with Crippen LogP contribution in [0.25, 0.3) is 0 Å². The van der Waals surface area contributed by atoms with E-state index in [1.807, 2.05) is 0 Å². The predicted octanol–water partition coefficient (Wildman–Crippen LogP) is -1.32. The van der Waals surface area contributed by atoms with Crippen molar-refractivity contribution in [2.45, 2.75) is 24.9 Å². The topological polar surface area (TPSA) is 70.2 Å². The van der Waals surface area contributed by atoms with E-state index in [9.17, 15) is 14.4 Å². The molecule has 0 aromatic heterocycles. The Hall–Kier alpha value is -1.63. The molecule has 0 unspecified atom stereocenters. The Morgan fingerprint density at radius 1 is 1.15 bits per heavy atom. The zero-order valence-corrected chi connectivity index (χ0v) is 11.6. The minimum absolute atomic E-state index is 0.0120. The summed E-state index contributed by atoms with van der Waals surface area (Å²) in [4.78, 5) is 41.7. The number of fused-ring (bicyclic) bond motifs is 2. The SMILES string of the molecule is COCC(=O)N1CCN2C(=O)[C@@H]3CCCN3C(=O)[C@@H]2C1. The summed E-state index contributed by atoms with van der Waals surface area (Å²) in [5.74, 6) is -0.0936. The van der Waals surface area contributed by atoms with Crippen molar-refractivity contribution in [2.75, 3.05) is 39.9 Å². The lowest BCUT2D eigenvalue weighted by atomic mass is 10.0. The van der Waals surface area contributed by atoms with Gasteiger partial charge in [-0.1, -0.05) is 0 Å². The van der Waals surface area contributed by atoms with Crippen LogP contribution < -0.4 is 0 Å². The Balaban J connectivity index is 1.76. The first kappa shape index (κ1) is 13.4. The molecule has 3 fully saturated rings. The first-order valence-electron chi connectivity index (χ1n) is 7.01. The molecule has 0 aliphatic carbocycles. The Kier molecular flexibility index (Phi) is 3.37. The highest BCUT2D eigenvalue weighted by Crippen LogP contribution is 2.28. The second-order valence-corrected chi connectivity index (χ2v) is 5.51. The standard InChI is InChI=1S/C13H19N3O4/c1-20-8-11(17)14-5-6-16-10(7-14)13(19)15-4-2-3-9(15)12(16)18/h9-10H,2-8H2,1H3/t9-,10-/m0/s1. The second kappa shape index (κ2) is 5.05. The Morgan fingerprint density at radius 3 is 2.60 bits per heavy atom. The molecule has 0 aromatic carbocycles.